The van der Waals surface area contributed by atoms with Crippen LogP contribution in [0.1, 0.15) is 38.5 Å². The predicted octanol–water partition coefficient (Wildman–Crippen LogP) is 2.61. The maximum absolute atomic E-state index is 8.98. The molecule has 0 unspecified atom stereocenters. The molecule has 4 aliphatic carbocycles. The van der Waals surface area contributed by atoms with E-state index in [0.29, 0.717) is 11.2 Å². The summed E-state index contributed by atoms with van der Waals surface area (Å²) in [4.78, 5) is 4.95. The standard InChI is InChI=1S/C17H25N3/c1-13(12-18)19-2-4-20(5-3-19)17-9-14-6-15(10-17)8-16(7-14)11-17/h14-16H,1-11H2. The third-order valence-electron chi connectivity index (χ3n) is 6.47. The molecule has 4 bridgehead atoms. The number of nitriles is 1. The van der Waals surface area contributed by atoms with E-state index in [9.17, 15) is 0 Å². The minimum Gasteiger partial charge on any atom is -0.361 e. The number of hydrogen-bond acceptors (Lipinski definition) is 3. The van der Waals surface area contributed by atoms with Crippen LogP contribution in [0.3, 0.4) is 0 Å². The van der Waals surface area contributed by atoms with Gasteiger partial charge >= 0.3 is 0 Å². The lowest BCUT2D eigenvalue weighted by Crippen LogP contribution is -2.63. The molecule has 3 nitrogen and oxygen atoms in total. The summed E-state index contributed by atoms with van der Waals surface area (Å²) in [6.07, 6.45) is 8.92. The summed E-state index contributed by atoms with van der Waals surface area (Å²) >= 11 is 0. The van der Waals surface area contributed by atoms with Gasteiger partial charge in [0.25, 0.3) is 0 Å². The van der Waals surface area contributed by atoms with Gasteiger partial charge in [-0.2, -0.15) is 5.26 Å². The van der Waals surface area contributed by atoms with Crippen molar-refractivity contribution in [1.29, 1.82) is 5.26 Å². The fourth-order valence-electron chi connectivity index (χ4n) is 5.97. The second kappa shape index (κ2) is 4.49. The topological polar surface area (TPSA) is 30.3 Å². The maximum atomic E-state index is 8.98. The molecule has 0 amide bonds. The Morgan fingerprint density at radius 2 is 1.45 bits per heavy atom. The monoisotopic (exact) mass is 271 g/mol. The summed E-state index contributed by atoms with van der Waals surface area (Å²) in [7, 11) is 0. The van der Waals surface area contributed by atoms with E-state index in [2.05, 4.69) is 22.4 Å². The summed E-state index contributed by atoms with van der Waals surface area (Å²) in [5.41, 5.74) is 1.18. The molecule has 1 aliphatic heterocycles. The van der Waals surface area contributed by atoms with Gasteiger partial charge in [-0.3, -0.25) is 4.90 Å². The average Bonchev–Trinajstić information content (AvgIpc) is 2.45. The maximum Gasteiger partial charge on any atom is 0.116 e. The van der Waals surface area contributed by atoms with Crippen LogP contribution in [0.25, 0.3) is 0 Å². The van der Waals surface area contributed by atoms with Crippen molar-refractivity contribution in [1.82, 2.24) is 9.80 Å². The minimum atomic E-state index is 0.537. The molecule has 0 atom stereocenters. The van der Waals surface area contributed by atoms with Gasteiger partial charge in [0, 0.05) is 31.7 Å². The third-order valence-corrected chi connectivity index (χ3v) is 6.47. The highest BCUT2D eigenvalue weighted by atomic mass is 15.3. The molecule has 108 valence electrons. The van der Waals surface area contributed by atoms with Crippen molar-refractivity contribution in [2.45, 2.75) is 44.1 Å². The van der Waals surface area contributed by atoms with Gasteiger partial charge in [-0.15, -0.1) is 0 Å². The smallest absolute Gasteiger partial charge is 0.116 e. The molecule has 1 heterocycles. The zero-order chi connectivity index (χ0) is 13.7. The molecule has 0 aromatic rings. The molecule has 0 N–H and O–H groups in total. The second-order valence-electron chi connectivity index (χ2n) is 7.67. The quantitative estimate of drug-likeness (QED) is 0.723. The van der Waals surface area contributed by atoms with Crippen LogP contribution in [0.2, 0.25) is 0 Å². The van der Waals surface area contributed by atoms with Crippen LogP contribution in [0.5, 0.6) is 0 Å². The molecule has 4 saturated carbocycles. The highest BCUT2D eigenvalue weighted by molar-refractivity contribution is 5.16. The number of piperazine rings is 1. The Morgan fingerprint density at radius 3 is 1.90 bits per heavy atom. The van der Waals surface area contributed by atoms with Gasteiger partial charge in [0.1, 0.15) is 11.8 Å². The Hall–Kier alpha value is -1.01. The van der Waals surface area contributed by atoms with Crippen LogP contribution in [-0.4, -0.2) is 41.5 Å². The SMILES string of the molecule is C=C(C#N)N1CCN(C23CC4CC(CC(C4)C2)C3)CC1. The van der Waals surface area contributed by atoms with Crippen molar-refractivity contribution in [3.63, 3.8) is 0 Å². The molecule has 5 fully saturated rings. The minimum absolute atomic E-state index is 0.537. The van der Waals surface area contributed by atoms with E-state index in [1.54, 1.807) is 0 Å². The van der Waals surface area contributed by atoms with Gasteiger partial charge in [0.15, 0.2) is 0 Å². The molecule has 1 saturated heterocycles. The molecule has 20 heavy (non-hydrogen) atoms. The Bertz CT molecular complexity index is 418. The van der Waals surface area contributed by atoms with Crippen molar-refractivity contribution >= 4 is 0 Å². The van der Waals surface area contributed by atoms with Gasteiger partial charge in [-0.25, -0.2) is 0 Å². The lowest BCUT2D eigenvalue weighted by Gasteiger charge is -2.61. The van der Waals surface area contributed by atoms with Crippen LogP contribution in [0, 0.1) is 29.1 Å². The second-order valence-corrected chi connectivity index (χ2v) is 7.67. The molecule has 5 aliphatic rings. The molecule has 0 aromatic heterocycles. The number of hydrogen-bond donors (Lipinski definition) is 0. The fourth-order valence-corrected chi connectivity index (χ4v) is 5.97. The van der Waals surface area contributed by atoms with E-state index in [-0.39, 0.29) is 0 Å². The molecule has 3 heteroatoms. The summed E-state index contributed by atoms with van der Waals surface area (Å²) in [5, 5.41) is 8.98. The van der Waals surface area contributed by atoms with Crippen LogP contribution in [0.4, 0.5) is 0 Å². The zero-order valence-corrected chi connectivity index (χ0v) is 12.4. The molecular formula is C17H25N3. The Morgan fingerprint density at radius 1 is 0.950 bits per heavy atom. The lowest BCUT2D eigenvalue weighted by atomic mass is 9.52. The summed E-state index contributed by atoms with van der Waals surface area (Å²) in [5.74, 6) is 3.06. The molecule has 5 rings (SSSR count). The summed E-state index contributed by atoms with van der Waals surface area (Å²) in [6, 6.07) is 2.20. The third kappa shape index (κ3) is 1.89. The fraction of sp³-hybridized carbons (Fsp3) is 0.824. The summed E-state index contributed by atoms with van der Waals surface area (Å²) < 4.78 is 0. The van der Waals surface area contributed by atoms with E-state index in [0.717, 1.165) is 43.9 Å². The number of nitrogens with zero attached hydrogens (tertiary/aromatic N) is 3. The van der Waals surface area contributed by atoms with Crippen molar-refractivity contribution in [3.05, 3.63) is 12.3 Å². The Balaban J connectivity index is 1.47. The average molecular weight is 271 g/mol. The van der Waals surface area contributed by atoms with Crippen LogP contribution in [0.15, 0.2) is 12.3 Å². The predicted molar refractivity (Wildman–Crippen MR) is 78.8 cm³/mol. The van der Waals surface area contributed by atoms with E-state index in [1.807, 2.05) is 0 Å². The van der Waals surface area contributed by atoms with E-state index < -0.39 is 0 Å². The first-order valence-electron chi connectivity index (χ1n) is 8.27. The van der Waals surface area contributed by atoms with Gasteiger partial charge < -0.3 is 4.90 Å². The molecule has 0 radical (unpaired) electrons. The van der Waals surface area contributed by atoms with Crippen LogP contribution < -0.4 is 0 Å². The highest BCUT2D eigenvalue weighted by Gasteiger charge is 2.53. The Labute approximate surface area is 122 Å². The molecule has 0 spiro atoms. The normalized spacial score (nSPS) is 43.5. The largest absolute Gasteiger partial charge is 0.361 e. The van der Waals surface area contributed by atoms with Crippen LogP contribution >= 0.6 is 0 Å². The van der Waals surface area contributed by atoms with Gasteiger partial charge in [0.05, 0.1) is 0 Å². The van der Waals surface area contributed by atoms with Crippen molar-refractivity contribution in [3.8, 4) is 6.07 Å². The first-order chi connectivity index (χ1) is 9.68. The van der Waals surface area contributed by atoms with Crippen molar-refractivity contribution in [2.75, 3.05) is 26.2 Å². The Kier molecular flexibility index (Phi) is 2.86. The summed E-state index contributed by atoms with van der Waals surface area (Å²) in [6.45, 7) is 8.11. The molecule has 0 aromatic carbocycles. The van der Waals surface area contributed by atoms with Gasteiger partial charge in [-0.1, -0.05) is 6.58 Å². The van der Waals surface area contributed by atoms with Crippen molar-refractivity contribution < 1.29 is 0 Å². The van der Waals surface area contributed by atoms with Crippen molar-refractivity contribution in [2.24, 2.45) is 17.8 Å². The first kappa shape index (κ1) is 12.7. The lowest BCUT2D eigenvalue weighted by molar-refractivity contribution is -0.0987. The van der Waals surface area contributed by atoms with Crippen LogP contribution in [-0.2, 0) is 0 Å². The molecular weight excluding hydrogens is 246 g/mol. The number of rotatable bonds is 2. The van der Waals surface area contributed by atoms with E-state index in [1.165, 1.54) is 38.5 Å². The van der Waals surface area contributed by atoms with E-state index in [4.69, 9.17) is 5.26 Å². The zero-order valence-electron chi connectivity index (χ0n) is 12.4. The highest BCUT2D eigenvalue weighted by Crippen LogP contribution is 2.57. The van der Waals surface area contributed by atoms with Gasteiger partial charge in [0.2, 0.25) is 0 Å². The van der Waals surface area contributed by atoms with E-state index >= 15 is 0 Å². The first-order valence-corrected chi connectivity index (χ1v) is 8.27. The van der Waals surface area contributed by atoms with Gasteiger partial charge in [-0.05, 0) is 56.3 Å². The number of allylic oxidation sites excluding steroid dienone is 1.